The second-order valence-corrected chi connectivity index (χ2v) is 6.08. The summed E-state index contributed by atoms with van der Waals surface area (Å²) in [6.07, 6.45) is -0.208. The number of aryl methyl sites for hydroxylation is 2. The molecule has 0 fully saturated rings. The van der Waals surface area contributed by atoms with Gasteiger partial charge in [-0.05, 0) is 45.0 Å². The SMILES string of the molecule is Cc1cc(C)n(C[C@@H](C)NC(=O)[C@@H]2Cc3cc(F)ccc3O2)n1. The van der Waals surface area contributed by atoms with Gasteiger partial charge in [-0.25, -0.2) is 4.39 Å². The Hall–Kier alpha value is -2.37. The molecule has 1 amide bonds. The number of hydrogen-bond acceptors (Lipinski definition) is 3. The van der Waals surface area contributed by atoms with Crippen LogP contribution in [0.3, 0.4) is 0 Å². The van der Waals surface area contributed by atoms with Crippen LogP contribution in [-0.4, -0.2) is 27.8 Å². The minimum Gasteiger partial charge on any atom is -0.480 e. The fourth-order valence-electron chi connectivity index (χ4n) is 2.86. The number of aromatic nitrogens is 2. The summed E-state index contributed by atoms with van der Waals surface area (Å²) in [5.41, 5.74) is 2.75. The average molecular weight is 317 g/mol. The number of nitrogens with one attached hydrogen (secondary N) is 1. The fourth-order valence-corrected chi connectivity index (χ4v) is 2.86. The lowest BCUT2D eigenvalue weighted by Crippen LogP contribution is -2.43. The highest BCUT2D eigenvalue weighted by atomic mass is 19.1. The number of benzene rings is 1. The van der Waals surface area contributed by atoms with Crippen molar-refractivity contribution < 1.29 is 13.9 Å². The van der Waals surface area contributed by atoms with Crippen LogP contribution in [0.5, 0.6) is 5.75 Å². The number of carbonyl (C=O) groups is 1. The lowest BCUT2D eigenvalue weighted by molar-refractivity contribution is -0.127. The number of amides is 1. The Morgan fingerprint density at radius 1 is 1.48 bits per heavy atom. The van der Waals surface area contributed by atoms with E-state index in [1.807, 2.05) is 31.5 Å². The molecule has 0 bridgehead atoms. The molecule has 122 valence electrons. The Morgan fingerprint density at radius 3 is 2.96 bits per heavy atom. The number of fused-ring (bicyclic) bond motifs is 1. The molecule has 1 aromatic heterocycles. The molecule has 1 aromatic carbocycles. The van der Waals surface area contributed by atoms with Crippen molar-refractivity contribution in [2.24, 2.45) is 0 Å². The zero-order valence-electron chi connectivity index (χ0n) is 13.5. The minimum absolute atomic E-state index is 0.0791. The molecule has 0 radical (unpaired) electrons. The van der Waals surface area contributed by atoms with Crippen molar-refractivity contribution in [3.8, 4) is 5.75 Å². The Morgan fingerprint density at radius 2 is 2.26 bits per heavy atom. The maximum absolute atomic E-state index is 13.2. The van der Waals surface area contributed by atoms with Crippen LogP contribution in [0.1, 0.15) is 23.9 Å². The second kappa shape index (κ2) is 6.02. The topological polar surface area (TPSA) is 56.2 Å². The first kappa shape index (κ1) is 15.5. The van der Waals surface area contributed by atoms with Gasteiger partial charge in [0.1, 0.15) is 11.6 Å². The van der Waals surface area contributed by atoms with Gasteiger partial charge in [0.25, 0.3) is 5.91 Å². The normalized spacial score (nSPS) is 17.5. The van der Waals surface area contributed by atoms with Crippen LogP contribution in [0.2, 0.25) is 0 Å². The summed E-state index contributed by atoms with van der Waals surface area (Å²) in [5.74, 6) is 0.0830. The highest BCUT2D eigenvalue weighted by Gasteiger charge is 2.30. The summed E-state index contributed by atoms with van der Waals surface area (Å²) in [4.78, 5) is 12.3. The van der Waals surface area contributed by atoms with Crippen molar-refractivity contribution in [3.05, 3.63) is 47.0 Å². The van der Waals surface area contributed by atoms with E-state index in [1.54, 1.807) is 6.07 Å². The van der Waals surface area contributed by atoms with Gasteiger partial charge in [0, 0.05) is 23.7 Å². The molecule has 1 aliphatic heterocycles. The van der Waals surface area contributed by atoms with E-state index < -0.39 is 6.10 Å². The van der Waals surface area contributed by atoms with Crippen LogP contribution in [0.15, 0.2) is 24.3 Å². The zero-order valence-corrected chi connectivity index (χ0v) is 13.5. The molecule has 0 aliphatic carbocycles. The third kappa shape index (κ3) is 3.36. The van der Waals surface area contributed by atoms with Gasteiger partial charge >= 0.3 is 0 Å². The Labute approximate surface area is 134 Å². The van der Waals surface area contributed by atoms with Gasteiger partial charge in [-0.3, -0.25) is 9.48 Å². The molecule has 2 heterocycles. The summed E-state index contributed by atoms with van der Waals surface area (Å²) >= 11 is 0. The van der Waals surface area contributed by atoms with Crippen LogP contribution in [-0.2, 0) is 17.8 Å². The largest absolute Gasteiger partial charge is 0.480 e. The molecule has 0 unspecified atom stereocenters. The van der Waals surface area contributed by atoms with Gasteiger partial charge in [-0.1, -0.05) is 0 Å². The minimum atomic E-state index is -0.602. The lowest BCUT2D eigenvalue weighted by atomic mass is 10.1. The number of nitrogens with zero attached hydrogens (tertiary/aromatic N) is 2. The average Bonchev–Trinajstić information content (AvgIpc) is 3.01. The van der Waals surface area contributed by atoms with Crippen molar-refractivity contribution in [3.63, 3.8) is 0 Å². The highest BCUT2D eigenvalue weighted by molar-refractivity contribution is 5.82. The predicted octanol–water partition coefficient (Wildman–Crippen LogP) is 2.15. The molecule has 0 saturated heterocycles. The molecule has 2 atom stereocenters. The van der Waals surface area contributed by atoms with Crippen molar-refractivity contribution in [1.29, 1.82) is 0 Å². The number of rotatable bonds is 4. The van der Waals surface area contributed by atoms with Gasteiger partial charge in [0.15, 0.2) is 6.10 Å². The van der Waals surface area contributed by atoms with E-state index >= 15 is 0 Å². The number of hydrogen-bond donors (Lipinski definition) is 1. The summed E-state index contributed by atoms with van der Waals surface area (Å²) in [6.45, 7) is 6.45. The van der Waals surface area contributed by atoms with Gasteiger partial charge < -0.3 is 10.1 Å². The van der Waals surface area contributed by atoms with E-state index in [1.165, 1.54) is 12.1 Å². The predicted molar refractivity (Wildman–Crippen MR) is 83.8 cm³/mol. The summed E-state index contributed by atoms with van der Waals surface area (Å²) in [5, 5.41) is 7.33. The Bertz CT molecular complexity index is 741. The van der Waals surface area contributed by atoms with Crippen molar-refractivity contribution >= 4 is 5.91 Å². The quantitative estimate of drug-likeness (QED) is 0.940. The molecule has 0 saturated carbocycles. The monoisotopic (exact) mass is 317 g/mol. The van der Waals surface area contributed by atoms with E-state index in [-0.39, 0.29) is 17.8 Å². The summed E-state index contributed by atoms with van der Waals surface area (Å²) in [7, 11) is 0. The molecule has 2 aromatic rings. The molecule has 23 heavy (non-hydrogen) atoms. The van der Waals surface area contributed by atoms with Gasteiger partial charge in [-0.15, -0.1) is 0 Å². The van der Waals surface area contributed by atoms with E-state index in [9.17, 15) is 9.18 Å². The van der Waals surface area contributed by atoms with E-state index in [0.29, 0.717) is 18.7 Å². The van der Waals surface area contributed by atoms with E-state index in [0.717, 1.165) is 17.0 Å². The molecule has 6 heteroatoms. The second-order valence-electron chi connectivity index (χ2n) is 6.08. The van der Waals surface area contributed by atoms with Crippen LogP contribution >= 0.6 is 0 Å². The standard InChI is InChI=1S/C17H20FN3O2/c1-10-6-12(3)21(20-10)9-11(2)19-17(22)16-8-13-7-14(18)4-5-15(13)23-16/h4-7,11,16H,8-9H2,1-3H3,(H,19,22)/t11-,16+/m1/s1. The molecular weight excluding hydrogens is 297 g/mol. The number of halogens is 1. The smallest absolute Gasteiger partial charge is 0.261 e. The van der Waals surface area contributed by atoms with Crippen molar-refractivity contribution in [2.45, 2.75) is 45.9 Å². The van der Waals surface area contributed by atoms with Crippen LogP contribution < -0.4 is 10.1 Å². The fraction of sp³-hybridized carbons (Fsp3) is 0.412. The third-order valence-corrected chi connectivity index (χ3v) is 3.93. The number of carbonyl (C=O) groups excluding carboxylic acids is 1. The zero-order chi connectivity index (χ0) is 16.6. The Balaban J connectivity index is 1.58. The van der Waals surface area contributed by atoms with E-state index in [4.69, 9.17) is 4.74 Å². The molecule has 3 rings (SSSR count). The Kier molecular flexibility index (Phi) is 4.07. The first-order chi connectivity index (χ1) is 10.9. The van der Waals surface area contributed by atoms with Crippen LogP contribution in [0.4, 0.5) is 4.39 Å². The first-order valence-electron chi connectivity index (χ1n) is 7.69. The molecule has 1 aliphatic rings. The number of ether oxygens (including phenoxy) is 1. The highest BCUT2D eigenvalue weighted by Crippen LogP contribution is 2.29. The van der Waals surface area contributed by atoms with Gasteiger partial charge in [0.05, 0.1) is 12.2 Å². The van der Waals surface area contributed by atoms with E-state index in [2.05, 4.69) is 10.4 Å². The molecular formula is C17H20FN3O2. The summed E-state index contributed by atoms with van der Waals surface area (Å²) in [6, 6.07) is 6.24. The first-order valence-corrected chi connectivity index (χ1v) is 7.69. The van der Waals surface area contributed by atoms with Gasteiger partial charge in [0.2, 0.25) is 0 Å². The summed E-state index contributed by atoms with van der Waals surface area (Å²) < 4.78 is 20.7. The maximum Gasteiger partial charge on any atom is 0.261 e. The van der Waals surface area contributed by atoms with Crippen molar-refractivity contribution in [2.75, 3.05) is 0 Å². The van der Waals surface area contributed by atoms with Crippen LogP contribution in [0, 0.1) is 19.7 Å². The van der Waals surface area contributed by atoms with Crippen LogP contribution in [0.25, 0.3) is 0 Å². The molecule has 5 nitrogen and oxygen atoms in total. The van der Waals surface area contributed by atoms with Gasteiger partial charge in [-0.2, -0.15) is 5.10 Å². The molecule has 0 spiro atoms. The molecule has 1 N–H and O–H groups in total. The third-order valence-electron chi connectivity index (χ3n) is 3.93. The maximum atomic E-state index is 13.2. The van der Waals surface area contributed by atoms with Crippen molar-refractivity contribution in [1.82, 2.24) is 15.1 Å². The lowest BCUT2D eigenvalue weighted by Gasteiger charge is -2.17.